The zero-order valence-corrected chi connectivity index (χ0v) is 7.30. The summed E-state index contributed by atoms with van der Waals surface area (Å²) in [6, 6.07) is 0.0598. The Balaban J connectivity index is 1.82. The van der Waals surface area contributed by atoms with Gasteiger partial charge in [0.15, 0.2) is 0 Å². The molecule has 6 heteroatoms. The first-order chi connectivity index (χ1) is 6.33. The van der Waals surface area contributed by atoms with Crippen LogP contribution in [0.1, 0.15) is 19.3 Å². The summed E-state index contributed by atoms with van der Waals surface area (Å²) in [5.41, 5.74) is 5.30. The number of nitrogens with two attached hydrogens (primary N) is 1. The molecule has 1 spiro atoms. The number of hydrogen-bond acceptors (Lipinski definition) is 3. The summed E-state index contributed by atoms with van der Waals surface area (Å²) in [4.78, 5) is 10.4. The number of alkyl halides is 3. The third-order valence-corrected chi connectivity index (χ3v) is 2.93. The highest BCUT2D eigenvalue weighted by Gasteiger charge is 2.64. The highest BCUT2D eigenvalue weighted by atomic mass is 19.4. The zero-order chi connectivity index (χ0) is 10.6. The van der Waals surface area contributed by atoms with Crippen molar-refractivity contribution in [1.29, 1.82) is 0 Å². The Morgan fingerprint density at radius 3 is 2.36 bits per heavy atom. The van der Waals surface area contributed by atoms with Gasteiger partial charge in [-0.1, -0.05) is 0 Å². The van der Waals surface area contributed by atoms with Crippen molar-refractivity contribution in [3.8, 4) is 0 Å². The summed E-state index contributed by atoms with van der Waals surface area (Å²) in [7, 11) is 0. The van der Waals surface area contributed by atoms with Crippen molar-refractivity contribution in [3.05, 3.63) is 0 Å². The van der Waals surface area contributed by atoms with Crippen molar-refractivity contribution >= 4 is 5.97 Å². The fourth-order valence-corrected chi connectivity index (χ4v) is 2.09. The van der Waals surface area contributed by atoms with Crippen LogP contribution in [-0.2, 0) is 9.53 Å². The Bertz CT molecular complexity index is 270. The largest absolute Gasteiger partial charge is 0.490 e. The molecule has 0 aromatic carbocycles. The van der Waals surface area contributed by atoms with Crippen LogP contribution in [0.4, 0.5) is 13.2 Å². The molecule has 2 saturated carbocycles. The van der Waals surface area contributed by atoms with E-state index in [1.165, 1.54) is 0 Å². The van der Waals surface area contributed by atoms with Crippen molar-refractivity contribution in [3.63, 3.8) is 0 Å². The number of esters is 1. The predicted molar refractivity (Wildman–Crippen MR) is 40.2 cm³/mol. The molecule has 0 aliphatic heterocycles. The second-order valence-corrected chi connectivity index (χ2v) is 4.13. The molecule has 1 unspecified atom stereocenters. The monoisotopic (exact) mass is 209 g/mol. The Morgan fingerprint density at radius 1 is 1.36 bits per heavy atom. The molecule has 0 aromatic heterocycles. The summed E-state index contributed by atoms with van der Waals surface area (Å²) in [6.45, 7) is 0. The molecule has 80 valence electrons. The number of halogens is 3. The molecule has 14 heavy (non-hydrogen) atoms. The highest BCUT2D eigenvalue weighted by molar-refractivity contribution is 5.76. The van der Waals surface area contributed by atoms with Gasteiger partial charge in [-0.05, 0) is 19.3 Å². The molecule has 3 nitrogen and oxygen atoms in total. The van der Waals surface area contributed by atoms with Gasteiger partial charge in [0.1, 0.15) is 6.10 Å². The second-order valence-electron chi connectivity index (χ2n) is 4.13. The van der Waals surface area contributed by atoms with E-state index < -0.39 is 18.2 Å². The average molecular weight is 209 g/mol. The van der Waals surface area contributed by atoms with Gasteiger partial charge in [0.2, 0.25) is 0 Å². The van der Waals surface area contributed by atoms with Crippen LogP contribution in [-0.4, -0.2) is 24.3 Å². The van der Waals surface area contributed by atoms with Crippen LogP contribution in [0.5, 0.6) is 0 Å². The van der Waals surface area contributed by atoms with E-state index in [2.05, 4.69) is 4.74 Å². The fraction of sp³-hybridized carbons (Fsp3) is 0.875. The summed E-state index contributed by atoms with van der Waals surface area (Å²) < 4.78 is 39.7. The molecule has 0 radical (unpaired) electrons. The Hall–Kier alpha value is -0.780. The predicted octanol–water partition coefficient (Wildman–Crippen LogP) is 0.972. The van der Waals surface area contributed by atoms with E-state index in [0.29, 0.717) is 19.3 Å². The molecule has 2 aliphatic carbocycles. The third-order valence-electron chi connectivity index (χ3n) is 2.93. The van der Waals surface area contributed by atoms with Crippen LogP contribution in [0.2, 0.25) is 0 Å². The van der Waals surface area contributed by atoms with Gasteiger partial charge in [-0.3, -0.25) is 0 Å². The number of hydrogen-bond donors (Lipinski definition) is 1. The minimum Gasteiger partial charge on any atom is -0.455 e. The maximum Gasteiger partial charge on any atom is 0.490 e. The molecule has 0 heterocycles. The number of carbonyl (C=O) groups is 1. The zero-order valence-electron chi connectivity index (χ0n) is 7.30. The maximum absolute atomic E-state index is 11.8. The Labute approximate surface area is 78.4 Å². The van der Waals surface area contributed by atoms with Gasteiger partial charge < -0.3 is 10.5 Å². The Morgan fingerprint density at radius 2 is 1.93 bits per heavy atom. The first-order valence-corrected chi connectivity index (χ1v) is 4.37. The summed E-state index contributed by atoms with van der Waals surface area (Å²) in [6.07, 6.45) is -3.57. The quantitative estimate of drug-likeness (QED) is 0.655. The second kappa shape index (κ2) is 2.62. The maximum atomic E-state index is 11.8. The first kappa shape index (κ1) is 9.76. The molecule has 2 aliphatic rings. The normalized spacial score (nSPS) is 40.6. The van der Waals surface area contributed by atoms with E-state index in [4.69, 9.17) is 5.73 Å². The van der Waals surface area contributed by atoms with Crippen LogP contribution in [0, 0.1) is 5.41 Å². The fourth-order valence-electron chi connectivity index (χ4n) is 2.09. The molecule has 2 fully saturated rings. The lowest BCUT2D eigenvalue weighted by Crippen LogP contribution is -2.40. The van der Waals surface area contributed by atoms with Gasteiger partial charge in [0.05, 0.1) is 0 Å². The number of rotatable bonds is 1. The average Bonchev–Trinajstić information content (AvgIpc) is 2.60. The van der Waals surface area contributed by atoms with E-state index in [9.17, 15) is 18.0 Å². The minimum absolute atomic E-state index is 0.0598. The van der Waals surface area contributed by atoms with E-state index in [1.807, 2.05) is 0 Å². The SMILES string of the molecule is NC1CC2(C1)CC2OC(=O)C(F)(F)F. The van der Waals surface area contributed by atoms with Crippen molar-refractivity contribution in [2.75, 3.05) is 0 Å². The molecule has 0 saturated heterocycles. The number of ether oxygens (including phenoxy) is 1. The highest BCUT2D eigenvalue weighted by Crippen LogP contribution is 2.61. The van der Waals surface area contributed by atoms with Gasteiger partial charge in [-0.15, -0.1) is 0 Å². The van der Waals surface area contributed by atoms with Crippen LogP contribution in [0.15, 0.2) is 0 Å². The smallest absolute Gasteiger partial charge is 0.455 e. The lowest BCUT2D eigenvalue weighted by atomic mass is 9.77. The van der Waals surface area contributed by atoms with Crippen LogP contribution >= 0.6 is 0 Å². The van der Waals surface area contributed by atoms with E-state index >= 15 is 0 Å². The Kier molecular flexibility index (Phi) is 1.83. The minimum atomic E-state index is -4.88. The van der Waals surface area contributed by atoms with E-state index in [1.54, 1.807) is 0 Å². The van der Waals surface area contributed by atoms with Crippen LogP contribution < -0.4 is 5.73 Å². The molecule has 2 rings (SSSR count). The molecular weight excluding hydrogens is 199 g/mol. The molecule has 1 atom stereocenters. The molecule has 0 aromatic rings. The lowest BCUT2D eigenvalue weighted by Gasteiger charge is -2.33. The summed E-state index contributed by atoms with van der Waals surface area (Å²) in [5, 5.41) is 0. The van der Waals surface area contributed by atoms with Gasteiger partial charge in [-0.2, -0.15) is 13.2 Å². The summed E-state index contributed by atoms with van der Waals surface area (Å²) >= 11 is 0. The van der Waals surface area contributed by atoms with E-state index in [0.717, 1.165) is 0 Å². The van der Waals surface area contributed by atoms with E-state index in [-0.39, 0.29) is 11.5 Å². The van der Waals surface area contributed by atoms with Crippen LogP contribution in [0.3, 0.4) is 0 Å². The third kappa shape index (κ3) is 1.47. The van der Waals surface area contributed by atoms with Gasteiger partial charge >= 0.3 is 12.1 Å². The molecule has 0 bridgehead atoms. The first-order valence-electron chi connectivity index (χ1n) is 4.37. The lowest BCUT2D eigenvalue weighted by molar-refractivity contribution is -0.202. The van der Waals surface area contributed by atoms with Crippen molar-refractivity contribution in [2.24, 2.45) is 11.1 Å². The number of carbonyl (C=O) groups excluding carboxylic acids is 1. The van der Waals surface area contributed by atoms with Gasteiger partial charge in [0, 0.05) is 11.5 Å². The standard InChI is InChI=1S/C8H10F3NO2/c9-8(10,11)6(13)14-5-3-7(5)1-4(12)2-7/h4-5H,1-3,12H2. The summed E-state index contributed by atoms with van der Waals surface area (Å²) in [5.74, 6) is -2.08. The van der Waals surface area contributed by atoms with Crippen molar-refractivity contribution in [2.45, 2.75) is 37.6 Å². The van der Waals surface area contributed by atoms with Crippen molar-refractivity contribution in [1.82, 2.24) is 0 Å². The van der Waals surface area contributed by atoms with Gasteiger partial charge in [-0.25, -0.2) is 4.79 Å². The van der Waals surface area contributed by atoms with Crippen molar-refractivity contribution < 1.29 is 22.7 Å². The molecule has 0 amide bonds. The molecular formula is C8H10F3NO2. The topological polar surface area (TPSA) is 52.3 Å². The van der Waals surface area contributed by atoms with Crippen LogP contribution in [0.25, 0.3) is 0 Å². The molecule has 2 N–H and O–H groups in total. The van der Waals surface area contributed by atoms with Gasteiger partial charge in [0.25, 0.3) is 0 Å².